The molecule has 0 aliphatic carbocycles. The van der Waals surface area contributed by atoms with Crippen LogP contribution in [-0.4, -0.2) is 23.3 Å². The van der Waals surface area contributed by atoms with Crippen molar-refractivity contribution in [3.8, 4) is 5.75 Å². The van der Waals surface area contributed by atoms with Crippen molar-refractivity contribution in [1.82, 2.24) is 5.32 Å². The number of Topliss-reactive ketones (excluding diaryl/α,β-unsaturated/α-hetero) is 1. The monoisotopic (exact) mass is 289 g/mol. The molecule has 5 heteroatoms. The second-order valence-electron chi connectivity index (χ2n) is 4.13. The number of aromatic hydroxyl groups is 1. The van der Waals surface area contributed by atoms with E-state index in [1.165, 1.54) is 18.2 Å². The SMILES string of the molecule is O=C(CNC(=O)c1cc(Cl)ccc1O)c1ccccc1. The highest BCUT2D eigenvalue weighted by molar-refractivity contribution is 6.31. The van der Waals surface area contributed by atoms with Crippen LogP contribution in [-0.2, 0) is 0 Å². The fourth-order valence-electron chi connectivity index (χ4n) is 1.67. The molecule has 0 saturated carbocycles. The number of phenols is 1. The fraction of sp³-hybridized carbons (Fsp3) is 0.0667. The van der Waals surface area contributed by atoms with Gasteiger partial charge < -0.3 is 10.4 Å². The maximum absolute atomic E-state index is 11.9. The quantitative estimate of drug-likeness (QED) is 0.850. The van der Waals surface area contributed by atoms with Gasteiger partial charge in [0.2, 0.25) is 0 Å². The lowest BCUT2D eigenvalue weighted by Gasteiger charge is -2.06. The second kappa shape index (κ2) is 6.21. The Labute approximate surface area is 121 Å². The number of nitrogens with one attached hydrogen (secondary N) is 1. The van der Waals surface area contributed by atoms with Gasteiger partial charge in [-0.15, -0.1) is 0 Å². The summed E-state index contributed by atoms with van der Waals surface area (Å²) < 4.78 is 0. The van der Waals surface area contributed by atoms with E-state index in [-0.39, 0.29) is 23.6 Å². The highest BCUT2D eigenvalue weighted by atomic mass is 35.5. The van der Waals surface area contributed by atoms with Gasteiger partial charge in [-0.05, 0) is 18.2 Å². The van der Waals surface area contributed by atoms with Gasteiger partial charge in [-0.2, -0.15) is 0 Å². The average Bonchev–Trinajstić information content (AvgIpc) is 2.47. The van der Waals surface area contributed by atoms with Crippen LogP contribution in [0.4, 0.5) is 0 Å². The number of carbonyl (C=O) groups excluding carboxylic acids is 2. The zero-order valence-corrected chi connectivity index (χ0v) is 11.2. The third-order valence-electron chi connectivity index (χ3n) is 2.71. The molecule has 0 saturated heterocycles. The summed E-state index contributed by atoms with van der Waals surface area (Å²) in [4.78, 5) is 23.7. The lowest BCUT2D eigenvalue weighted by atomic mass is 10.1. The lowest BCUT2D eigenvalue weighted by molar-refractivity contribution is 0.0902. The van der Waals surface area contributed by atoms with Gasteiger partial charge >= 0.3 is 0 Å². The van der Waals surface area contributed by atoms with E-state index in [4.69, 9.17) is 11.6 Å². The second-order valence-corrected chi connectivity index (χ2v) is 4.57. The molecule has 102 valence electrons. The van der Waals surface area contributed by atoms with E-state index >= 15 is 0 Å². The van der Waals surface area contributed by atoms with Gasteiger partial charge in [0.25, 0.3) is 5.91 Å². The molecule has 2 aromatic carbocycles. The van der Waals surface area contributed by atoms with E-state index in [9.17, 15) is 14.7 Å². The summed E-state index contributed by atoms with van der Waals surface area (Å²) in [5.41, 5.74) is 0.557. The molecule has 20 heavy (non-hydrogen) atoms. The zero-order valence-electron chi connectivity index (χ0n) is 10.5. The number of hydrogen-bond donors (Lipinski definition) is 2. The minimum Gasteiger partial charge on any atom is -0.507 e. The summed E-state index contributed by atoms with van der Waals surface area (Å²) in [6.45, 7) is -0.144. The van der Waals surface area contributed by atoms with Crippen molar-refractivity contribution < 1.29 is 14.7 Å². The van der Waals surface area contributed by atoms with Crippen molar-refractivity contribution in [3.05, 3.63) is 64.7 Å². The maximum atomic E-state index is 11.9. The smallest absolute Gasteiger partial charge is 0.255 e. The Bertz CT molecular complexity index is 641. The van der Waals surface area contributed by atoms with E-state index in [2.05, 4.69) is 5.32 Å². The van der Waals surface area contributed by atoms with Crippen LogP contribution in [0.3, 0.4) is 0 Å². The van der Waals surface area contributed by atoms with Crippen LogP contribution in [0.25, 0.3) is 0 Å². The number of ketones is 1. The average molecular weight is 290 g/mol. The minimum atomic E-state index is -0.547. The summed E-state index contributed by atoms with van der Waals surface area (Å²) in [6.07, 6.45) is 0. The number of phenolic OH excluding ortho intramolecular Hbond substituents is 1. The molecule has 2 aromatic rings. The van der Waals surface area contributed by atoms with Crippen LogP contribution in [0, 0.1) is 0 Å². The van der Waals surface area contributed by atoms with Crippen molar-refractivity contribution in [3.63, 3.8) is 0 Å². The van der Waals surface area contributed by atoms with Crippen LogP contribution in [0.2, 0.25) is 5.02 Å². The number of benzene rings is 2. The van der Waals surface area contributed by atoms with Crippen LogP contribution in [0.1, 0.15) is 20.7 Å². The fourth-order valence-corrected chi connectivity index (χ4v) is 1.84. The van der Waals surface area contributed by atoms with E-state index in [1.807, 2.05) is 0 Å². The number of hydrogen-bond acceptors (Lipinski definition) is 3. The molecule has 1 amide bonds. The molecule has 0 heterocycles. The Hall–Kier alpha value is -2.33. The number of rotatable bonds is 4. The van der Waals surface area contributed by atoms with Crippen LogP contribution in [0.15, 0.2) is 48.5 Å². The standard InChI is InChI=1S/C15H12ClNO3/c16-11-6-7-13(18)12(8-11)15(20)17-9-14(19)10-4-2-1-3-5-10/h1-8,18H,9H2,(H,17,20). The predicted molar refractivity (Wildman–Crippen MR) is 76.2 cm³/mol. The Balaban J connectivity index is 2.02. The first-order valence-corrected chi connectivity index (χ1v) is 6.30. The summed E-state index contributed by atoms with van der Waals surface area (Å²) in [5, 5.41) is 12.4. The molecule has 0 atom stereocenters. The van der Waals surface area contributed by atoms with E-state index < -0.39 is 5.91 Å². The molecule has 0 aliphatic rings. The molecule has 4 nitrogen and oxygen atoms in total. The van der Waals surface area contributed by atoms with Gasteiger partial charge in [-0.1, -0.05) is 41.9 Å². The first-order valence-electron chi connectivity index (χ1n) is 5.93. The van der Waals surface area contributed by atoms with E-state index in [0.29, 0.717) is 10.6 Å². The minimum absolute atomic E-state index is 0.0401. The Morgan fingerprint density at radius 3 is 2.50 bits per heavy atom. The first kappa shape index (κ1) is 14.1. The highest BCUT2D eigenvalue weighted by Gasteiger charge is 2.13. The summed E-state index contributed by atoms with van der Waals surface area (Å²) in [5.74, 6) is -0.936. The van der Waals surface area contributed by atoms with Crippen molar-refractivity contribution in [2.24, 2.45) is 0 Å². The topological polar surface area (TPSA) is 66.4 Å². The molecule has 0 fully saturated rings. The van der Waals surface area contributed by atoms with E-state index in [1.54, 1.807) is 30.3 Å². The molecule has 0 bridgehead atoms. The van der Waals surface area contributed by atoms with Gasteiger partial charge in [0.05, 0.1) is 12.1 Å². The first-order chi connectivity index (χ1) is 9.58. The Kier molecular flexibility index (Phi) is 4.38. The molecule has 0 radical (unpaired) electrons. The van der Waals surface area contributed by atoms with Crippen molar-refractivity contribution >= 4 is 23.3 Å². The zero-order chi connectivity index (χ0) is 14.5. The third kappa shape index (κ3) is 3.36. The van der Waals surface area contributed by atoms with Crippen LogP contribution >= 0.6 is 11.6 Å². The van der Waals surface area contributed by atoms with E-state index in [0.717, 1.165) is 0 Å². The molecule has 2 rings (SSSR count). The van der Waals surface area contributed by atoms with Crippen molar-refractivity contribution in [2.45, 2.75) is 0 Å². The Morgan fingerprint density at radius 1 is 1.10 bits per heavy atom. The summed E-state index contributed by atoms with van der Waals surface area (Å²) >= 11 is 5.76. The van der Waals surface area contributed by atoms with Gasteiger partial charge in [-0.3, -0.25) is 9.59 Å². The molecule has 0 unspecified atom stereocenters. The van der Waals surface area contributed by atoms with Gasteiger partial charge in [0, 0.05) is 10.6 Å². The lowest BCUT2D eigenvalue weighted by Crippen LogP contribution is -2.29. The maximum Gasteiger partial charge on any atom is 0.255 e. The van der Waals surface area contributed by atoms with Crippen LogP contribution in [0.5, 0.6) is 5.75 Å². The molecule has 0 aliphatic heterocycles. The Morgan fingerprint density at radius 2 is 1.80 bits per heavy atom. The largest absolute Gasteiger partial charge is 0.507 e. The highest BCUT2D eigenvalue weighted by Crippen LogP contribution is 2.21. The number of halogens is 1. The predicted octanol–water partition coefficient (Wildman–Crippen LogP) is 2.66. The van der Waals surface area contributed by atoms with Gasteiger partial charge in [0.1, 0.15) is 5.75 Å². The normalized spacial score (nSPS) is 10.1. The van der Waals surface area contributed by atoms with Crippen molar-refractivity contribution in [2.75, 3.05) is 6.54 Å². The number of amides is 1. The third-order valence-corrected chi connectivity index (χ3v) is 2.94. The summed E-state index contributed by atoms with van der Waals surface area (Å²) in [6, 6.07) is 12.8. The van der Waals surface area contributed by atoms with Crippen molar-refractivity contribution in [1.29, 1.82) is 0 Å². The molecule has 0 aromatic heterocycles. The van der Waals surface area contributed by atoms with Gasteiger partial charge in [0.15, 0.2) is 5.78 Å². The summed E-state index contributed by atoms with van der Waals surface area (Å²) in [7, 11) is 0. The van der Waals surface area contributed by atoms with Crippen LogP contribution < -0.4 is 5.32 Å². The molecular formula is C15H12ClNO3. The molecule has 0 spiro atoms. The molecule has 2 N–H and O–H groups in total. The molecular weight excluding hydrogens is 278 g/mol. The van der Waals surface area contributed by atoms with Gasteiger partial charge in [-0.25, -0.2) is 0 Å². The number of carbonyl (C=O) groups is 2.